The molecule has 0 bridgehead atoms. The lowest BCUT2D eigenvalue weighted by Gasteiger charge is -2.08. The lowest BCUT2D eigenvalue weighted by atomic mass is 9.97. The van der Waals surface area contributed by atoms with Gasteiger partial charge in [0.25, 0.3) is 5.91 Å². The fourth-order valence-corrected chi connectivity index (χ4v) is 3.31. The average molecular weight is 314 g/mol. The minimum Gasteiger partial charge on any atom is -0.361 e. The minimum atomic E-state index is -0.0224. The molecule has 0 unspecified atom stereocenters. The molecule has 5 rings (SSSR count). The Bertz CT molecular complexity index is 1040. The molecule has 0 saturated heterocycles. The standard InChI is InChI=1S/C19H14N4O/c24-19-17-12(10-21-19)8-11(9-13(17)14-6-3-7-20-14)18-22-15-4-1-2-5-16(15)23-18/h1-9,20H,10H2,(H,21,24)(H,22,23). The average Bonchev–Trinajstić information content (AvgIpc) is 3.33. The van der Waals surface area contributed by atoms with Gasteiger partial charge in [-0.1, -0.05) is 12.1 Å². The molecule has 5 heteroatoms. The predicted molar refractivity (Wildman–Crippen MR) is 92.5 cm³/mol. The predicted octanol–water partition coefficient (Wildman–Crippen LogP) is 3.47. The maximum atomic E-state index is 12.2. The van der Waals surface area contributed by atoms with Crippen molar-refractivity contribution >= 4 is 16.9 Å². The molecule has 3 N–H and O–H groups in total. The second-order valence-electron chi connectivity index (χ2n) is 5.93. The van der Waals surface area contributed by atoms with Crippen molar-refractivity contribution in [3.05, 3.63) is 65.9 Å². The number of hydrogen-bond acceptors (Lipinski definition) is 2. The zero-order valence-corrected chi connectivity index (χ0v) is 12.8. The summed E-state index contributed by atoms with van der Waals surface area (Å²) in [4.78, 5) is 23.5. The Morgan fingerprint density at radius 2 is 1.96 bits per heavy atom. The van der Waals surface area contributed by atoms with Crippen molar-refractivity contribution in [2.24, 2.45) is 0 Å². The third-order valence-corrected chi connectivity index (χ3v) is 4.44. The van der Waals surface area contributed by atoms with Crippen LogP contribution >= 0.6 is 0 Å². The number of nitrogens with one attached hydrogen (secondary N) is 3. The van der Waals surface area contributed by atoms with Crippen molar-refractivity contribution in [3.63, 3.8) is 0 Å². The Kier molecular flexibility index (Phi) is 2.64. The van der Waals surface area contributed by atoms with Gasteiger partial charge in [-0.15, -0.1) is 0 Å². The highest BCUT2D eigenvalue weighted by Crippen LogP contribution is 2.33. The van der Waals surface area contributed by atoms with Crippen molar-refractivity contribution in [2.75, 3.05) is 0 Å². The second-order valence-corrected chi connectivity index (χ2v) is 5.93. The zero-order valence-electron chi connectivity index (χ0n) is 12.8. The van der Waals surface area contributed by atoms with E-state index < -0.39 is 0 Å². The highest BCUT2D eigenvalue weighted by molar-refractivity contribution is 6.05. The summed E-state index contributed by atoms with van der Waals surface area (Å²) in [7, 11) is 0. The van der Waals surface area contributed by atoms with Crippen LogP contribution in [0.5, 0.6) is 0 Å². The fourth-order valence-electron chi connectivity index (χ4n) is 3.31. The van der Waals surface area contributed by atoms with Crippen LogP contribution in [0, 0.1) is 0 Å². The quantitative estimate of drug-likeness (QED) is 0.530. The number of H-pyrrole nitrogens is 2. The van der Waals surface area contributed by atoms with Gasteiger partial charge in [0, 0.05) is 29.6 Å². The highest BCUT2D eigenvalue weighted by atomic mass is 16.1. The summed E-state index contributed by atoms with van der Waals surface area (Å²) in [6.07, 6.45) is 1.86. The number of rotatable bonds is 2. The molecule has 0 spiro atoms. The van der Waals surface area contributed by atoms with Gasteiger partial charge in [0.2, 0.25) is 0 Å². The van der Waals surface area contributed by atoms with Gasteiger partial charge in [-0.3, -0.25) is 4.79 Å². The van der Waals surface area contributed by atoms with E-state index >= 15 is 0 Å². The summed E-state index contributed by atoms with van der Waals surface area (Å²) >= 11 is 0. The van der Waals surface area contributed by atoms with Gasteiger partial charge < -0.3 is 15.3 Å². The van der Waals surface area contributed by atoms with Crippen LogP contribution in [-0.2, 0) is 6.54 Å². The Morgan fingerprint density at radius 1 is 1.04 bits per heavy atom. The van der Waals surface area contributed by atoms with Crippen molar-refractivity contribution in [1.29, 1.82) is 0 Å². The largest absolute Gasteiger partial charge is 0.361 e. The van der Waals surface area contributed by atoms with Gasteiger partial charge in [0.1, 0.15) is 5.82 Å². The number of nitrogens with zero attached hydrogens (tertiary/aromatic N) is 1. The number of hydrogen-bond donors (Lipinski definition) is 3. The second kappa shape index (κ2) is 4.83. The summed E-state index contributed by atoms with van der Waals surface area (Å²) in [6, 6.07) is 15.9. The van der Waals surface area contributed by atoms with E-state index in [1.165, 1.54) is 0 Å². The zero-order chi connectivity index (χ0) is 16.1. The van der Waals surface area contributed by atoms with Crippen molar-refractivity contribution < 1.29 is 4.79 Å². The van der Waals surface area contributed by atoms with Crippen LogP contribution < -0.4 is 5.32 Å². The van der Waals surface area contributed by atoms with Crippen LogP contribution in [0.3, 0.4) is 0 Å². The third kappa shape index (κ3) is 1.88. The van der Waals surface area contributed by atoms with Gasteiger partial charge in [-0.2, -0.15) is 0 Å². The first-order valence-electron chi connectivity index (χ1n) is 7.83. The molecule has 1 aliphatic rings. The molecule has 0 saturated carbocycles. The highest BCUT2D eigenvalue weighted by Gasteiger charge is 2.25. The summed E-state index contributed by atoms with van der Waals surface area (Å²) in [5.41, 5.74) is 6.50. The van der Waals surface area contributed by atoms with Gasteiger partial charge in [0.05, 0.1) is 16.6 Å². The molecule has 24 heavy (non-hydrogen) atoms. The van der Waals surface area contributed by atoms with E-state index in [0.717, 1.165) is 44.8 Å². The van der Waals surface area contributed by atoms with E-state index in [2.05, 4.69) is 20.3 Å². The smallest absolute Gasteiger partial charge is 0.252 e. The Balaban J connectivity index is 1.75. The van der Waals surface area contributed by atoms with Crippen molar-refractivity contribution in [2.45, 2.75) is 6.54 Å². The van der Waals surface area contributed by atoms with Crippen LogP contribution in [0.15, 0.2) is 54.7 Å². The Morgan fingerprint density at radius 3 is 2.79 bits per heavy atom. The SMILES string of the molecule is O=C1NCc2cc(-c3nc4ccccc4[nH]3)cc(-c3ccc[nH]3)c21. The molecule has 2 aromatic heterocycles. The lowest BCUT2D eigenvalue weighted by molar-refractivity contribution is 0.0966. The molecule has 3 heterocycles. The van der Waals surface area contributed by atoms with Crippen LogP contribution in [0.1, 0.15) is 15.9 Å². The number of carbonyl (C=O) groups is 1. The van der Waals surface area contributed by atoms with Crippen LogP contribution in [0.4, 0.5) is 0 Å². The number of carbonyl (C=O) groups excluding carboxylic acids is 1. The number of amides is 1. The van der Waals surface area contributed by atoms with Gasteiger partial charge in [-0.25, -0.2) is 4.98 Å². The van der Waals surface area contributed by atoms with Crippen LogP contribution in [0.2, 0.25) is 0 Å². The Labute approximate surface area is 137 Å². The van der Waals surface area contributed by atoms with E-state index in [-0.39, 0.29) is 5.91 Å². The summed E-state index contributed by atoms with van der Waals surface area (Å²) in [5.74, 6) is 0.789. The monoisotopic (exact) mass is 314 g/mol. The van der Waals surface area contributed by atoms with Crippen LogP contribution in [0.25, 0.3) is 33.7 Å². The van der Waals surface area contributed by atoms with E-state index in [0.29, 0.717) is 6.54 Å². The molecule has 2 aromatic carbocycles. The molecule has 5 nitrogen and oxygen atoms in total. The maximum absolute atomic E-state index is 12.2. The van der Waals surface area contributed by atoms with E-state index in [1.807, 2.05) is 54.7 Å². The number of aromatic amines is 2. The molecule has 0 radical (unpaired) electrons. The molecule has 1 aliphatic heterocycles. The first-order valence-corrected chi connectivity index (χ1v) is 7.83. The number of fused-ring (bicyclic) bond motifs is 2. The summed E-state index contributed by atoms with van der Waals surface area (Å²) in [5, 5.41) is 2.91. The first kappa shape index (κ1) is 13.1. The lowest BCUT2D eigenvalue weighted by Crippen LogP contribution is -2.13. The number of para-hydroxylation sites is 2. The molecule has 0 aliphatic carbocycles. The molecule has 116 valence electrons. The normalized spacial score (nSPS) is 13.2. The number of aromatic nitrogens is 3. The maximum Gasteiger partial charge on any atom is 0.252 e. The topological polar surface area (TPSA) is 73.6 Å². The van der Waals surface area contributed by atoms with E-state index in [1.54, 1.807) is 0 Å². The summed E-state index contributed by atoms with van der Waals surface area (Å²) < 4.78 is 0. The van der Waals surface area contributed by atoms with Gasteiger partial charge in [0.15, 0.2) is 0 Å². The van der Waals surface area contributed by atoms with E-state index in [4.69, 9.17) is 0 Å². The van der Waals surface area contributed by atoms with Crippen LogP contribution in [-0.4, -0.2) is 20.9 Å². The fraction of sp³-hybridized carbons (Fsp3) is 0.0526. The number of imidazole rings is 1. The number of benzene rings is 2. The van der Waals surface area contributed by atoms with Crippen molar-refractivity contribution in [3.8, 4) is 22.6 Å². The third-order valence-electron chi connectivity index (χ3n) is 4.44. The van der Waals surface area contributed by atoms with Crippen molar-refractivity contribution in [1.82, 2.24) is 20.3 Å². The Hall–Kier alpha value is -3.34. The van der Waals surface area contributed by atoms with Gasteiger partial charge >= 0.3 is 0 Å². The minimum absolute atomic E-state index is 0.0224. The molecule has 0 atom stereocenters. The first-order chi connectivity index (χ1) is 11.8. The molecule has 4 aromatic rings. The van der Waals surface area contributed by atoms with Gasteiger partial charge in [-0.05, 0) is 42.0 Å². The molecule has 0 fully saturated rings. The molecular weight excluding hydrogens is 300 g/mol. The summed E-state index contributed by atoms with van der Waals surface area (Å²) in [6.45, 7) is 0.552. The molecular formula is C19H14N4O. The van der Waals surface area contributed by atoms with E-state index in [9.17, 15) is 4.79 Å². The molecule has 1 amide bonds.